The van der Waals surface area contributed by atoms with E-state index >= 15 is 19.2 Å². The molecule has 2 aromatic carbocycles. The molecule has 2 saturated heterocycles. The highest BCUT2D eigenvalue weighted by atomic mass is 32.2. The summed E-state index contributed by atoms with van der Waals surface area (Å²) in [6.07, 6.45) is 16.4. The number of methoxy groups -OCH3 is 1. The van der Waals surface area contributed by atoms with E-state index in [0.717, 1.165) is 99.9 Å². The molecule has 4 aliphatic heterocycles. The van der Waals surface area contributed by atoms with Crippen LogP contribution in [0.5, 0.6) is 17.2 Å². The van der Waals surface area contributed by atoms with E-state index in [-0.39, 0.29) is 69.1 Å². The fourth-order valence-corrected chi connectivity index (χ4v) is 21.6. The lowest BCUT2D eigenvalue weighted by Gasteiger charge is -2.38. The van der Waals surface area contributed by atoms with Crippen LogP contribution < -0.4 is 44.9 Å². The summed E-state index contributed by atoms with van der Waals surface area (Å²) in [5.74, 6) is -4.08. The van der Waals surface area contributed by atoms with Crippen LogP contribution in [0.15, 0.2) is 73.8 Å². The lowest BCUT2D eigenvalue weighted by atomic mass is 9.77. The Labute approximate surface area is 648 Å². The van der Waals surface area contributed by atoms with E-state index in [0.29, 0.717) is 110 Å². The quantitative estimate of drug-likeness (QED) is 0.0537. The Morgan fingerprint density at radius 2 is 1.05 bits per heavy atom. The van der Waals surface area contributed by atoms with E-state index in [1.165, 1.54) is 22.0 Å². The Hall–Kier alpha value is -8.60. The number of alkyl carbamates (subject to hydrolysis) is 2. The van der Waals surface area contributed by atoms with Crippen LogP contribution in [-0.4, -0.2) is 175 Å². The number of aromatic nitrogens is 2. The molecule has 9 fully saturated rings. The maximum atomic E-state index is 16.3. The van der Waals surface area contributed by atoms with Gasteiger partial charge in [0.05, 0.1) is 53.1 Å². The molecule has 6 N–H and O–H groups in total. The number of carbonyl (C=O) groups is 8. The number of benzene rings is 2. The van der Waals surface area contributed by atoms with Gasteiger partial charge in [-0.2, -0.15) is 0 Å². The lowest BCUT2D eigenvalue weighted by molar-refractivity contribution is -0.143. The summed E-state index contributed by atoms with van der Waals surface area (Å²) in [5, 5.41) is 11.9. The average molecular weight is 1570 g/mol. The number of hydrogen-bond acceptors (Lipinski definition) is 19. The van der Waals surface area contributed by atoms with Gasteiger partial charge in [0, 0.05) is 35.4 Å². The first-order valence-corrected chi connectivity index (χ1v) is 43.6. The average Bonchev–Trinajstić information content (AvgIpc) is 1.58. The van der Waals surface area contributed by atoms with E-state index in [4.69, 9.17) is 33.7 Å². The predicted octanol–water partition coefficient (Wildman–Crippen LogP) is 9.05. The van der Waals surface area contributed by atoms with Gasteiger partial charge in [0.15, 0.2) is 0 Å². The van der Waals surface area contributed by atoms with Gasteiger partial charge in [0.1, 0.15) is 76.9 Å². The summed E-state index contributed by atoms with van der Waals surface area (Å²) in [6.45, 7) is 11.3. The maximum absolute atomic E-state index is 16.3. The summed E-state index contributed by atoms with van der Waals surface area (Å²) < 4.78 is 89.6. The smallest absolute Gasteiger partial charge is 0.408 e. The fraction of sp³-hybridized carbons (Fsp3) is 0.634. The van der Waals surface area contributed by atoms with Crippen LogP contribution in [0.2, 0.25) is 0 Å². The highest BCUT2D eigenvalue weighted by molar-refractivity contribution is 7.91. The minimum absolute atomic E-state index is 0.0376. The molecule has 14 atom stereocenters. The maximum Gasteiger partial charge on any atom is 0.408 e. The van der Waals surface area contributed by atoms with Crippen molar-refractivity contribution in [3.05, 3.63) is 90.8 Å². The van der Waals surface area contributed by atoms with Gasteiger partial charge in [-0.1, -0.05) is 76.7 Å². The van der Waals surface area contributed by atoms with Gasteiger partial charge in [-0.05, 0) is 200 Å². The van der Waals surface area contributed by atoms with Crippen LogP contribution in [0.4, 0.5) is 9.59 Å². The number of nitrogens with one attached hydrogen (secondary N) is 6. The van der Waals surface area contributed by atoms with Crippen molar-refractivity contribution < 1.29 is 78.9 Å². The molecule has 27 nitrogen and oxygen atoms in total. The van der Waals surface area contributed by atoms with Gasteiger partial charge in [0.2, 0.25) is 43.7 Å². The fourth-order valence-electron chi connectivity index (χ4n) is 18.9. The van der Waals surface area contributed by atoms with Crippen LogP contribution >= 0.6 is 0 Å². The van der Waals surface area contributed by atoms with Crippen molar-refractivity contribution in [2.24, 2.45) is 35.0 Å². The largest absolute Gasteiger partial charge is 0.497 e. The molecule has 111 heavy (non-hydrogen) atoms. The second-order valence-corrected chi connectivity index (χ2v) is 38.1. The highest BCUT2D eigenvalue weighted by Crippen LogP contribution is 2.48. The summed E-state index contributed by atoms with van der Waals surface area (Å²) in [5.41, 5.74) is -1.12. The lowest BCUT2D eigenvalue weighted by Crippen LogP contribution is -2.61. The monoisotopic (exact) mass is 1570 g/mol. The van der Waals surface area contributed by atoms with Crippen molar-refractivity contribution >= 4 is 89.5 Å². The number of pyridine rings is 2. The normalized spacial score (nSPS) is 31.1. The first kappa shape index (κ1) is 77.7. The van der Waals surface area contributed by atoms with Crippen molar-refractivity contribution in [1.82, 2.24) is 50.5 Å². The second kappa shape index (κ2) is 31.4. The van der Waals surface area contributed by atoms with Crippen LogP contribution in [0.25, 0.3) is 21.8 Å². The van der Waals surface area contributed by atoms with E-state index in [2.05, 4.69) is 43.9 Å². The molecule has 29 heteroatoms. The Bertz CT molecular complexity index is 4580. The van der Waals surface area contributed by atoms with Crippen LogP contribution in [-0.2, 0) is 77.5 Å². The number of nitrogens with zero attached hydrogens (tertiary/aromatic N) is 4. The number of sulfonamides is 2. The standard InChI is InChI=1S/C82H106N10O17S2/c1-6-53-43-81(53,76(97)89-110(101,102)58-31-32-58)87-72(93)64-40-56-45-91(64)74(95)70(50-20-14-15-21-50)85-78(99)108-66-26-16-22-48(66)18-11-9-13-25-62-68(106-56)38-51-29-28-47(36-63(51)84-62)42-80(3,4)71-75(96)92-46-57(41-65(92)73(94)88-82(44-54(82)7-2)77(98)90-111(103,104)59-33-34-59)107-69-39-52-37-55(105-5)30-35-60(52)83-61(69)24-12-8-10-19-49-23-17-27-67(49)109-79(100)86-71/h6-7,28-30,35-39,48-50,53-54,56-59,64-67,70-71H,1-2,8-27,31-34,40-46H2,3-5H3,(H,85,99)(H,86,100)(H,87,93)(H,88,94)(H,89,97)(H,90,98)/t48-,49-,53?,54?,56-,57-,64+,65+,66-,67-,70+,71-,81-,82-/m1/s1. The van der Waals surface area contributed by atoms with Crippen molar-refractivity contribution in [3.8, 4) is 17.2 Å². The molecular formula is C82H106N10O17S2. The van der Waals surface area contributed by atoms with Crippen molar-refractivity contribution in [2.45, 2.75) is 270 Å². The van der Waals surface area contributed by atoms with Gasteiger partial charge in [0.25, 0.3) is 11.8 Å². The molecule has 7 aliphatic carbocycles. The van der Waals surface area contributed by atoms with Crippen LogP contribution in [0.3, 0.4) is 0 Å². The molecule has 15 rings (SSSR count). The van der Waals surface area contributed by atoms with Gasteiger partial charge >= 0.3 is 12.2 Å². The topological polar surface area (TPSA) is 355 Å². The first-order chi connectivity index (χ1) is 53.2. The molecule has 0 radical (unpaired) electrons. The molecule has 4 bridgehead atoms. The number of hydrogen-bond donors (Lipinski definition) is 6. The molecule has 2 unspecified atom stereocenters. The Balaban J connectivity index is 0.751. The zero-order chi connectivity index (χ0) is 77.9. The summed E-state index contributed by atoms with van der Waals surface area (Å²) in [7, 11) is -6.47. The minimum Gasteiger partial charge on any atom is -0.497 e. The number of carbonyl (C=O) groups excluding carboxylic acids is 8. The number of aryl methyl sites for hydroxylation is 2. The Morgan fingerprint density at radius 1 is 0.568 bits per heavy atom. The van der Waals surface area contributed by atoms with Crippen LogP contribution in [0.1, 0.15) is 198 Å². The number of amides is 8. The third kappa shape index (κ3) is 16.6. The number of rotatable bonds is 17. The molecular weight excluding hydrogens is 1460 g/mol. The first-order valence-electron chi connectivity index (χ1n) is 40.5. The highest BCUT2D eigenvalue weighted by Gasteiger charge is 2.64. The number of ether oxygens (including phenoxy) is 5. The van der Waals surface area contributed by atoms with Gasteiger partial charge in [-0.25, -0.2) is 36.4 Å². The van der Waals surface area contributed by atoms with Crippen molar-refractivity contribution in [3.63, 3.8) is 0 Å². The van der Waals surface area contributed by atoms with Crippen molar-refractivity contribution in [1.29, 1.82) is 0 Å². The summed E-state index contributed by atoms with van der Waals surface area (Å²) >= 11 is 0. The molecule has 8 amide bonds. The van der Waals surface area contributed by atoms with E-state index in [1.54, 1.807) is 7.11 Å². The van der Waals surface area contributed by atoms with E-state index in [1.807, 2.05) is 62.4 Å². The molecule has 0 spiro atoms. The molecule has 4 aromatic rings. The SMILES string of the molecule is C=CC1C[C@]1(NC(=O)[C@@H]1C[C@@H]2CN1C(=O)[C@H](C1CCCC1)NC(=O)O[C@@H]1CCC[C@H]1CCCCCc1nc3cc(CC(C)(C)[C@@H]4NC(=O)O[C@@H]5CCC[C@H]5CCCCCc5nc6ccc(OC)cc6cc5O[C@@H]5C[C@@H](C(=O)N[C@]6(C(=O)NS(=O)(=O)C7CC7)CC6C=C)N(C5)C4=O)ccc3cc1O2)C(=O)NS(=O)(=O)C1CC1. The zero-order valence-corrected chi connectivity index (χ0v) is 65.4. The molecule has 11 aliphatic rings. The predicted molar refractivity (Wildman–Crippen MR) is 410 cm³/mol. The molecule has 2 aromatic heterocycles. The zero-order valence-electron chi connectivity index (χ0n) is 63.8. The summed E-state index contributed by atoms with van der Waals surface area (Å²) in [4.78, 5) is 133. The molecule has 6 heterocycles. The Kier molecular flexibility index (Phi) is 22.0. The third-order valence-corrected chi connectivity index (χ3v) is 29.4. The second-order valence-electron chi connectivity index (χ2n) is 34.2. The molecule has 598 valence electrons. The third-order valence-electron chi connectivity index (χ3n) is 25.8. The van der Waals surface area contributed by atoms with Gasteiger partial charge in [-0.15, -0.1) is 13.2 Å². The van der Waals surface area contributed by atoms with Crippen molar-refractivity contribution in [2.75, 3.05) is 20.2 Å². The summed E-state index contributed by atoms with van der Waals surface area (Å²) in [6, 6.07) is 10.2. The van der Waals surface area contributed by atoms with Crippen LogP contribution in [0, 0.1) is 35.0 Å². The van der Waals surface area contributed by atoms with Gasteiger partial charge in [-0.3, -0.25) is 38.2 Å². The van der Waals surface area contributed by atoms with Gasteiger partial charge < -0.3 is 54.8 Å². The van der Waals surface area contributed by atoms with E-state index < -0.39 is 149 Å². The van der Waals surface area contributed by atoms with E-state index in [9.17, 15) is 36.0 Å². The Morgan fingerprint density at radius 3 is 1.57 bits per heavy atom. The number of fused-ring (bicyclic) bond motifs is 10. The molecule has 7 saturated carbocycles. The minimum atomic E-state index is -4.05.